The van der Waals surface area contributed by atoms with E-state index in [1.807, 2.05) is 0 Å². The number of morpholine rings is 1. The summed E-state index contributed by atoms with van der Waals surface area (Å²) in [4.78, 5) is 19.7. The van der Waals surface area contributed by atoms with E-state index in [4.69, 9.17) is 9.84 Å². The summed E-state index contributed by atoms with van der Waals surface area (Å²) < 4.78 is 44.3. The molecule has 2 aromatic heterocycles. The number of aromatic carboxylic acids is 1. The first kappa shape index (κ1) is 14.5. The minimum absolute atomic E-state index is 0.189. The van der Waals surface area contributed by atoms with E-state index in [-0.39, 0.29) is 5.82 Å². The van der Waals surface area contributed by atoms with Gasteiger partial charge in [-0.25, -0.2) is 9.78 Å². The number of carboxylic acid groups (broad SMARTS) is 1. The van der Waals surface area contributed by atoms with Crippen LogP contribution in [0.15, 0.2) is 6.07 Å². The van der Waals surface area contributed by atoms with Crippen molar-refractivity contribution in [1.29, 1.82) is 0 Å². The van der Waals surface area contributed by atoms with E-state index in [0.717, 1.165) is 4.52 Å². The molecule has 1 fully saturated rings. The van der Waals surface area contributed by atoms with Crippen LogP contribution in [-0.4, -0.2) is 57.0 Å². The summed E-state index contributed by atoms with van der Waals surface area (Å²) in [6.45, 7) is 1.57. The lowest BCUT2D eigenvalue weighted by Gasteiger charge is -2.28. The fraction of sp³-hybridized carbons (Fsp3) is 0.455. The van der Waals surface area contributed by atoms with E-state index in [1.165, 1.54) is 6.07 Å². The van der Waals surface area contributed by atoms with Crippen LogP contribution in [0.4, 0.5) is 19.0 Å². The normalized spacial score (nSPS) is 16.2. The minimum atomic E-state index is -4.74. The molecule has 22 heavy (non-hydrogen) atoms. The van der Waals surface area contributed by atoms with Gasteiger partial charge in [0.25, 0.3) is 11.6 Å². The maximum Gasteiger partial charge on any atom is 0.453 e. The van der Waals surface area contributed by atoms with Crippen LogP contribution in [0.2, 0.25) is 0 Å². The predicted molar refractivity (Wildman–Crippen MR) is 65.8 cm³/mol. The molecule has 11 heteroatoms. The number of fused-ring (bicyclic) bond motifs is 1. The molecule has 0 saturated carbocycles. The summed E-state index contributed by atoms with van der Waals surface area (Å²) >= 11 is 0. The smallest absolute Gasteiger partial charge is 0.453 e. The Bertz CT molecular complexity index is 724. The van der Waals surface area contributed by atoms with E-state index in [0.29, 0.717) is 26.3 Å². The van der Waals surface area contributed by atoms with Crippen LogP contribution >= 0.6 is 0 Å². The molecule has 0 amide bonds. The molecule has 8 nitrogen and oxygen atoms in total. The number of rotatable bonds is 2. The van der Waals surface area contributed by atoms with E-state index in [1.54, 1.807) is 4.90 Å². The zero-order valence-corrected chi connectivity index (χ0v) is 11.0. The van der Waals surface area contributed by atoms with Crippen molar-refractivity contribution in [1.82, 2.24) is 19.6 Å². The number of hydrogen-bond donors (Lipinski definition) is 1. The van der Waals surface area contributed by atoms with Gasteiger partial charge in [0.15, 0.2) is 5.69 Å². The van der Waals surface area contributed by atoms with Gasteiger partial charge in [-0.2, -0.15) is 22.7 Å². The monoisotopic (exact) mass is 317 g/mol. The Balaban J connectivity index is 2.18. The van der Waals surface area contributed by atoms with Gasteiger partial charge in [0.05, 0.1) is 13.2 Å². The highest BCUT2D eigenvalue weighted by atomic mass is 19.4. The third-order valence-corrected chi connectivity index (χ3v) is 3.10. The maximum absolute atomic E-state index is 12.7. The molecule has 1 aliphatic heterocycles. The van der Waals surface area contributed by atoms with Crippen molar-refractivity contribution in [2.24, 2.45) is 0 Å². The fourth-order valence-corrected chi connectivity index (χ4v) is 2.10. The summed E-state index contributed by atoms with van der Waals surface area (Å²) in [6.07, 6.45) is -4.74. The summed E-state index contributed by atoms with van der Waals surface area (Å²) in [5.41, 5.74) is -0.393. The molecule has 0 aliphatic carbocycles. The number of alkyl halides is 3. The number of anilines is 1. The SMILES string of the molecule is O=C(O)c1cc(N2CCOCC2)n2nc(C(F)(F)F)nc2n1. The van der Waals surface area contributed by atoms with Crippen LogP contribution in [0.3, 0.4) is 0 Å². The van der Waals surface area contributed by atoms with Crippen molar-refractivity contribution in [3.8, 4) is 0 Å². The van der Waals surface area contributed by atoms with Crippen LogP contribution in [0.1, 0.15) is 16.3 Å². The Labute approximate surface area is 121 Å². The summed E-state index contributed by atoms with van der Waals surface area (Å²) in [6, 6.07) is 1.18. The van der Waals surface area contributed by atoms with Gasteiger partial charge < -0.3 is 14.7 Å². The summed E-state index contributed by atoms with van der Waals surface area (Å²) in [5.74, 6) is -2.94. The van der Waals surface area contributed by atoms with Crippen molar-refractivity contribution in [2.75, 3.05) is 31.2 Å². The Hall–Kier alpha value is -2.43. The minimum Gasteiger partial charge on any atom is -0.477 e. The Morgan fingerprint density at radius 3 is 2.55 bits per heavy atom. The highest BCUT2D eigenvalue weighted by molar-refractivity contribution is 5.87. The van der Waals surface area contributed by atoms with Gasteiger partial charge in [0, 0.05) is 19.2 Å². The first-order chi connectivity index (χ1) is 10.4. The average molecular weight is 317 g/mol. The van der Waals surface area contributed by atoms with Gasteiger partial charge in [-0.1, -0.05) is 0 Å². The lowest BCUT2D eigenvalue weighted by Crippen LogP contribution is -2.37. The number of ether oxygens (including phenoxy) is 1. The number of carbonyl (C=O) groups is 1. The van der Waals surface area contributed by atoms with Crippen LogP contribution in [0.25, 0.3) is 5.78 Å². The van der Waals surface area contributed by atoms with Gasteiger partial charge in [-0.05, 0) is 0 Å². The average Bonchev–Trinajstić information content (AvgIpc) is 2.91. The van der Waals surface area contributed by atoms with Crippen LogP contribution in [0.5, 0.6) is 0 Å². The quantitative estimate of drug-likeness (QED) is 0.870. The molecule has 0 bridgehead atoms. The Morgan fingerprint density at radius 1 is 1.27 bits per heavy atom. The third kappa shape index (κ3) is 2.54. The molecule has 0 atom stereocenters. The van der Waals surface area contributed by atoms with E-state index < -0.39 is 29.4 Å². The van der Waals surface area contributed by atoms with Crippen LogP contribution in [-0.2, 0) is 10.9 Å². The first-order valence-corrected chi connectivity index (χ1v) is 6.27. The second-order valence-corrected chi connectivity index (χ2v) is 4.55. The van der Waals surface area contributed by atoms with Crippen molar-refractivity contribution >= 4 is 17.6 Å². The lowest BCUT2D eigenvalue weighted by molar-refractivity contribution is -0.144. The Morgan fingerprint density at radius 2 is 1.95 bits per heavy atom. The highest BCUT2D eigenvalue weighted by Gasteiger charge is 2.37. The van der Waals surface area contributed by atoms with Gasteiger partial charge in [0.2, 0.25) is 0 Å². The fourth-order valence-electron chi connectivity index (χ4n) is 2.10. The molecule has 0 spiro atoms. The molecular weight excluding hydrogens is 307 g/mol. The molecule has 0 radical (unpaired) electrons. The number of hydrogen-bond acceptors (Lipinski definition) is 6. The largest absolute Gasteiger partial charge is 0.477 e. The molecule has 1 saturated heterocycles. The van der Waals surface area contributed by atoms with Crippen molar-refractivity contribution in [3.05, 3.63) is 17.6 Å². The second kappa shape index (κ2) is 5.09. The zero-order valence-electron chi connectivity index (χ0n) is 11.0. The predicted octanol–water partition coefficient (Wildman–Crippen LogP) is 0.678. The summed E-state index contributed by atoms with van der Waals surface area (Å²) in [7, 11) is 0. The zero-order chi connectivity index (χ0) is 15.9. The standard InChI is InChI=1S/C11H10F3N5O3/c12-11(13,14)9-16-10-15-6(8(20)21)5-7(19(10)17-9)18-1-3-22-4-2-18/h5H,1-4H2,(H,20,21). The topological polar surface area (TPSA) is 92.8 Å². The number of nitrogens with zero attached hydrogens (tertiary/aromatic N) is 5. The van der Waals surface area contributed by atoms with E-state index in [2.05, 4.69) is 15.1 Å². The molecule has 3 heterocycles. The van der Waals surface area contributed by atoms with Crippen molar-refractivity contribution in [2.45, 2.75) is 6.18 Å². The molecule has 1 N–H and O–H groups in total. The van der Waals surface area contributed by atoms with Crippen molar-refractivity contribution in [3.63, 3.8) is 0 Å². The van der Waals surface area contributed by atoms with Crippen LogP contribution < -0.4 is 4.90 Å². The van der Waals surface area contributed by atoms with E-state index in [9.17, 15) is 18.0 Å². The molecular formula is C11H10F3N5O3. The van der Waals surface area contributed by atoms with Crippen LogP contribution in [0, 0.1) is 0 Å². The Kier molecular flexibility index (Phi) is 3.35. The van der Waals surface area contributed by atoms with Crippen molar-refractivity contribution < 1.29 is 27.8 Å². The molecule has 118 valence electrons. The second-order valence-electron chi connectivity index (χ2n) is 4.55. The first-order valence-electron chi connectivity index (χ1n) is 6.27. The maximum atomic E-state index is 12.7. The molecule has 1 aliphatic rings. The lowest BCUT2D eigenvalue weighted by atomic mass is 10.3. The molecule has 0 unspecified atom stereocenters. The van der Waals surface area contributed by atoms with Gasteiger partial charge in [-0.15, -0.1) is 5.10 Å². The van der Waals surface area contributed by atoms with Gasteiger partial charge in [0.1, 0.15) is 5.82 Å². The molecule has 3 rings (SSSR count). The third-order valence-electron chi connectivity index (χ3n) is 3.10. The molecule has 0 aromatic carbocycles. The number of halogens is 3. The summed E-state index contributed by atoms with van der Waals surface area (Å²) in [5, 5.41) is 12.5. The van der Waals surface area contributed by atoms with Gasteiger partial charge in [-0.3, -0.25) is 0 Å². The highest BCUT2D eigenvalue weighted by Crippen LogP contribution is 2.28. The number of carboxylic acids is 1. The van der Waals surface area contributed by atoms with Gasteiger partial charge >= 0.3 is 12.1 Å². The van der Waals surface area contributed by atoms with E-state index >= 15 is 0 Å². The number of aromatic nitrogens is 4. The molecule has 2 aromatic rings.